The second kappa shape index (κ2) is 2.02. The minimum Gasteiger partial charge on any atom is -0.284 e. The van der Waals surface area contributed by atoms with E-state index in [2.05, 4.69) is 15.1 Å². The molecule has 0 bridgehead atoms. The average Bonchev–Trinajstić information content (AvgIpc) is 1.69. The predicted octanol–water partition coefficient (Wildman–Crippen LogP) is 0.341. The number of rotatable bonds is 0. The van der Waals surface area contributed by atoms with Crippen LogP contribution in [0.4, 0.5) is 0 Å². The highest BCUT2D eigenvalue weighted by atomic mass is 15.3. The monoisotopic (exact) mass is 99.1 g/mol. The molecule has 0 atom stereocenters. The van der Waals surface area contributed by atoms with Gasteiger partial charge in [0.1, 0.15) is 6.67 Å². The zero-order valence-corrected chi connectivity index (χ0v) is 4.46. The highest BCUT2D eigenvalue weighted by Crippen LogP contribution is 1.90. The topological polar surface area (TPSA) is 28.0 Å². The molecular formula is C4H9N3. The van der Waals surface area contributed by atoms with Gasteiger partial charge in [0.25, 0.3) is 0 Å². The maximum Gasteiger partial charge on any atom is 0.112 e. The van der Waals surface area contributed by atoms with Gasteiger partial charge in [-0.2, -0.15) is 10.2 Å². The quantitative estimate of drug-likeness (QED) is 0.430. The molecule has 1 aliphatic rings. The van der Waals surface area contributed by atoms with E-state index in [9.17, 15) is 0 Å². The molecule has 7 heavy (non-hydrogen) atoms. The zero-order valence-electron chi connectivity index (χ0n) is 4.46. The first-order valence-electron chi connectivity index (χ1n) is 2.41. The number of nitrogens with zero attached hydrogens (tertiary/aromatic N) is 3. The number of hydrogen-bond acceptors (Lipinski definition) is 3. The summed E-state index contributed by atoms with van der Waals surface area (Å²) in [6.45, 7) is 2.71. The molecule has 1 aliphatic heterocycles. The van der Waals surface area contributed by atoms with Gasteiger partial charge in [0, 0.05) is 6.54 Å². The average molecular weight is 99.1 g/mol. The van der Waals surface area contributed by atoms with Crippen molar-refractivity contribution in [2.45, 2.75) is 0 Å². The van der Waals surface area contributed by atoms with Crippen molar-refractivity contribution in [3.8, 4) is 0 Å². The predicted molar refractivity (Wildman–Crippen MR) is 27.2 cm³/mol. The second-order valence-electron chi connectivity index (χ2n) is 1.73. The summed E-state index contributed by atoms with van der Waals surface area (Å²) in [5.41, 5.74) is 0. The summed E-state index contributed by atoms with van der Waals surface area (Å²) in [5.74, 6) is 0. The van der Waals surface area contributed by atoms with E-state index in [1.54, 1.807) is 0 Å². The van der Waals surface area contributed by atoms with Crippen molar-refractivity contribution >= 4 is 0 Å². The molecule has 0 radical (unpaired) electrons. The Balaban J connectivity index is 2.32. The largest absolute Gasteiger partial charge is 0.284 e. The van der Waals surface area contributed by atoms with Crippen LogP contribution in [0, 0.1) is 0 Å². The van der Waals surface area contributed by atoms with E-state index in [1.165, 1.54) is 0 Å². The fourth-order valence-corrected chi connectivity index (χ4v) is 0.510. The third-order valence-corrected chi connectivity index (χ3v) is 0.986. The molecule has 0 aromatic rings. The maximum atomic E-state index is 3.81. The van der Waals surface area contributed by atoms with Gasteiger partial charge in [0.15, 0.2) is 0 Å². The minimum absolute atomic E-state index is 0.778. The first kappa shape index (κ1) is 4.71. The standard InChI is InChI=1S/C4H9N3/c1-7-3-2-5-6-4-7/h2-4H2,1H3. The molecule has 3 nitrogen and oxygen atoms in total. The van der Waals surface area contributed by atoms with E-state index in [0.29, 0.717) is 0 Å². The Morgan fingerprint density at radius 3 is 2.57 bits per heavy atom. The van der Waals surface area contributed by atoms with Crippen molar-refractivity contribution in [2.75, 3.05) is 26.8 Å². The smallest absolute Gasteiger partial charge is 0.112 e. The second-order valence-corrected chi connectivity index (χ2v) is 1.73. The highest BCUT2D eigenvalue weighted by Gasteiger charge is 1.97. The van der Waals surface area contributed by atoms with Crippen LogP contribution in [0.15, 0.2) is 10.2 Å². The van der Waals surface area contributed by atoms with Crippen molar-refractivity contribution in [1.29, 1.82) is 0 Å². The van der Waals surface area contributed by atoms with E-state index >= 15 is 0 Å². The first-order valence-corrected chi connectivity index (χ1v) is 2.41. The molecule has 0 unspecified atom stereocenters. The molecular weight excluding hydrogens is 90.1 g/mol. The molecule has 0 fully saturated rings. The molecule has 1 rings (SSSR count). The van der Waals surface area contributed by atoms with Crippen molar-refractivity contribution in [3.05, 3.63) is 0 Å². The molecule has 1 heterocycles. The van der Waals surface area contributed by atoms with Gasteiger partial charge in [-0.25, -0.2) is 0 Å². The molecule has 0 spiro atoms. The third-order valence-electron chi connectivity index (χ3n) is 0.986. The van der Waals surface area contributed by atoms with E-state index in [1.807, 2.05) is 7.05 Å². The molecule has 0 aromatic carbocycles. The van der Waals surface area contributed by atoms with Gasteiger partial charge >= 0.3 is 0 Å². The van der Waals surface area contributed by atoms with Gasteiger partial charge in [-0.05, 0) is 7.05 Å². The van der Waals surface area contributed by atoms with E-state index in [-0.39, 0.29) is 0 Å². The van der Waals surface area contributed by atoms with Crippen LogP contribution in [0.5, 0.6) is 0 Å². The summed E-state index contributed by atoms with van der Waals surface area (Å²) in [5, 5.41) is 7.62. The van der Waals surface area contributed by atoms with Gasteiger partial charge in [-0.15, -0.1) is 0 Å². The van der Waals surface area contributed by atoms with Crippen LogP contribution in [0.3, 0.4) is 0 Å². The summed E-state index contributed by atoms with van der Waals surface area (Å²) >= 11 is 0. The van der Waals surface area contributed by atoms with Crippen molar-refractivity contribution in [1.82, 2.24) is 4.90 Å². The Morgan fingerprint density at radius 1 is 1.43 bits per heavy atom. The van der Waals surface area contributed by atoms with Crippen LogP contribution in [-0.2, 0) is 0 Å². The lowest BCUT2D eigenvalue weighted by Crippen LogP contribution is -2.24. The fourth-order valence-electron chi connectivity index (χ4n) is 0.510. The highest BCUT2D eigenvalue weighted by molar-refractivity contribution is 4.54. The summed E-state index contributed by atoms with van der Waals surface area (Å²) in [7, 11) is 2.04. The van der Waals surface area contributed by atoms with Crippen LogP contribution < -0.4 is 0 Å². The van der Waals surface area contributed by atoms with Crippen LogP contribution in [0.1, 0.15) is 0 Å². The Morgan fingerprint density at radius 2 is 2.29 bits per heavy atom. The Hall–Kier alpha value is -0.440. The SMILES string of the molecule is CN1CCN=NC1. The van der Waals surface area contributed by atoms with Crippen molar-refractivity contribution in [2.24, 2.45) is 10.2 Å². The fraction of sp³-hybridized carbons (Fsp3) is 1.00. The lowest BCUT2D eigenvalue weighted by molar-refractivity contribution is 0.319. The number of azo groups is 1. The number of likely N-dealkylation sites (N-methyl/N-ethyl adjacent to an activating group) is 1. The molecule has 0 N–H and O–H groups in total. The Bertz CT molecular complexity index is 79.0. The summed E-state index contributed by atoms with van der Waals surface area (Å²) < 4.78 is 0. The molecule has 0 saturated heterocycles. The molecule has 0 amide bonds. The van der Waals surface area contributed by atoms with E-state index in [0.717, 1.165) is 19.8 Å². The third kappa shape index (κ3) is 1.23. The molecule has 0 aliphatic carbocycles. The number of hydrogen-bond donors (Lipinski definition) is 0. The molecule has 0 saturated carbocycles. The zero-order chi connectivity index (χ0) is 5.11. The van der Waals surface area contributed by atoms with Gasteiger partial charge in [0.2, 0.25) is 0 Å². The van der Waals surface area contributed by atoms with Gasteiger partial charge in [-0.3, -0.25) is 4.90 Å². The maximum absolute atomic E-state index is 3.81. The Labute approximate surface area is 43.0 Å². The van der Waals surface area contributed by atoms with Crippen molar-refractivity contribution in [3.63, 3.8) is 0 Å². The molecule has 40 valence electrons. The van der Waals surface area contributed by atoms with Crippen molar-refractivity contribution < 1.29 is 0 Å². The molecule has 3 heteroatoms. The van der Waals surface area contributed by atoms with Gasteiger partial charge < -0.3 is 0 Å². The van der Waals surface area contributed by atoms with E-state index < -0.39 is 0 Å². The van der Waals surface area contributed by atoms with Crippen LogP contribution in [-0.4, -0.2) is 31.7 Å². The van der Waals surface area contributed by atoms with Gasteiger partial charge in [0.05, 0.1) is 6.54 Å². The lowest BCUT2D eigenvalue weighted by atomic mass is 10.6. The van der Waals surface area contributed by atoms with Gasteiger partial charge in [-0.1, -0.05) is 0 Å². The molecule has 0 aromatic heterocycles. The minimum atomic E-state index is 0.778. The van der Waals surface area contributed by atoms with Crippen LogP contribution in [0.2, 0.25) is 0 Å². The lowest BCUT2D eigenvalue weighted by Gasteiger charge is -2.13. The van der Waals surface area contributed by atoms with E-state index in [4.69, 9.17) is 0 Å². The first-order chi connectivity index (χ1) is 3.39. The Kier molecular flexibility index (Phi) is 1.36. The summed E-state index contributed by atoms with van der Waals surface area (Å²) in [6.07, 6.45) is 0. The van der Waals surface area contributed by atoms with Crippen LogP contribution >= 0.6 is 0 Å². The normalized spacial score (nSPS) is 23.0. The summed E-state index contributed by atoms with van der Waals surface area (Å²) in [6, 6.07) is 0. The summed E-state index contributed by atoms with van der Waals surface area (Å²) in [4.78, 5) is 2.13. The van der Waals surface area contributed by atoms with Crippen LogP contribution in [0.25, 0.3) is 0 Å².